The highest BCUT2D eigenvalue weighted by Crippen LogP contribution is 2.38. The van der Waals surface area contributed by atoms with Crippen LogP contribution in [-0.2, 0) is 17.8 Å². The Hall–Kier alpha value is -3.91. The van der Waals surface area contributed by atoms with Crippen LogP contribution < -0.4 is 14.2 Å². The number of rotatable bonds is 7. The number of ether oxygens (including phenoxy) is 4. The fourth-order valence-electron chi connectivity index (χ4n) is 4.78. The standard InChI is InChI=1S/C27H27N3O5/c1-32-15-21-26(16-5-8-19(33-2)9-6-16)27-28-14-20-22(30(27)29-21)11-18(12-23(20)31)17-7-10-24(34-3)25(13-17)35-4/h5-10,13-14,18H,11-12,15H2,1-4H3/t18-/m1/s1. The SMILES string of the molecule is COCc1nn2c3c(cnc2c1-c1ccc(OC)cc1)C(=O)C[C@H](c1ccc(OC)c(OC)c1)C3. The van der Waals surface area contributed by atoms with E-state index in [4.69, 9.17) is 24.0 Å². The number of nitrogens with zero attached hydrogens (tertiary/aromatic N) is 3. The fourth-order valence-corrected chi connectivity index (χ4v) is 4.78. The Morgan fingerprint density at radius 1 is 0.943 bits per heavy atom. The van der Waals surface area contributed by atoms with Gasteiger partial charge in [-0.3, -0.25) is 4.79 Å². The lowest BCUT2D eigenvalue weighted by Crippen LogP contribution is -2.22. The smallest absolute Gasteiger partial charge is 0.166 e. The Kier molecular flexibility index (Phi) is 6.13. The van der Waals surface area contributed by atoms with E-state index >= 15 is 0 Å². The minimum atomic E-state index is -0.0140. The van der Waals surface area contributed by atoms with Crippen LogP contribution in [-0.4, -0.2) is 48.8 Å². The van der Waals surface area contributed by atoms with Gasteiger partial charge in [0.1, 0.15) is 5.75 Å². The Balaban J connectivity index is 1.62. The van der Waals surface area contributed by atoms with Gasteiger partial charge in [0.25, 0.3) is 0 Å². The molecule has 0 amide bonds. The molecule has 5 rings (SSSR count). The van der Waals surface area contributed by atoms with Gasteiger partial charge in [-0.15, -0.1) is 0 Å². The third-order valence-electron chi connectivity index (χ3n) is 6.53. The van der Waals surface area contributed by atoms with Crippen molar-refractivity contribution in [1.29, 1.82) is 0 Å². The zero-order valence-electron chi connectivity index (χ0n) is 20.2. The minimum Gasteiger partial charge on any atom is -0.497 e. The van der Waals surface area contributed by atoms with Gasteiger partial charge in [0.15, 0.2) is 22.9 Å². The summed E-state index contributed by atoms with van der Waals surface area (Å²) in [5.41, 5.74) is 5.79. The summed E-state index contributed by atoms with van der Waals surface area (Å²) in [4.78, 5) is 17.8. The normalized spacial score (nSPS) is 15.2. The Bertz CT molecular complexity index is 1390. The first-order valence-electron chi connectivity index (χ1n) is 11.4. The fraction of sp³-hybridized carbons (Fsp3) is 0.296. The number of carbonyl (C=O) groups excluding carboxylic acids is 1. The molecule has 4 aromatic rings. The van der Waals surface area contributed by atoms with Gasteiger partial charge in [-0.25, -0.2) is 9.50 Å². The lowest BCUT2D eigenvalue weighted by molar-refractivity contribution is 0.0962. The van der Waals surface area contributed by atoms with E-state index < -0.39 is 0 Å². The van der Waals surface area contributed by atoms with E-state index in [-0.39, 0.29) is 11.7 Å². The number of aromatic nitrogens is 3. The molecule has 0 spiro atoms. The van der Waals surface area contributed by atoms with E-state index in [0.29, 0.717) is 42.2 Å². The van der Waals surface area contributed by atoms with E-state index in [0.717, 1.165) is 33.8 Å². The average molecular weight is 474 g/mol. The van der Waals surface area contributed by atoms with Crippen molar-refractivity contribution in [3.8, 4) is 28.4 Å². The van der Waals surface area contributed by atoms with E-state index in [1.54, 1.807) is 34.6 Å². The molecule has 35 heavy (non-hydrogen) atoms. The van der Waals surface area contributed by atoms with Gasteiger partial charge in [0.05, 0.1) is 50.5 Å². The lowest BCUT2D eigenvalue weighted by Gasteiger charge is -2.24. The van der Waals surface area contributed by atoms with Crippen molar-refractivity contribution >= 4 is 11.4 Å². The van der Waals surface area contributed by atoms with E-state index in [2.05, 4.69) is 4.98 Å². The number of fused-ring (bicyclic) bond motifs is 3. The third kappa shape index (κ3) is 4.00. The quantitative estimate of drug-likeness (QED) is 0.391. The first-order chi connectivity index (χ1) is 17.1. The number of carbonyl (C=O) groups is 1. The van der Waals surface area contributed by atoms with Crippen molar-refractivity contribution in [3.05, 3.63) is 71.2 Å². The molecule has 0 unspecified atom stereocenters. The molecule has 8 nitrogen and oxygen atoms in total. The largest absolute Gasteiger partial charge is 0.497 e. The van der Waals surface area contributed by atoms with Gasteiger partial charge in [0.2, 0.25) is 0 Å². The third-order valence-corrected chi connectivity index (χ3v) is 6.53. The molecule has 8 heteroatoms. The summed E-state index contributed by atoms with van der Waals surface area (Å²) in [7, 11) is 6.50. The molecule has 0 fully saturated rings. The number of Topliss-reactive ketones (excluding diaryl/α,β-unsaturated/α-hetero) is 1. The summed E-state index contributed by atoms with van der Waals surface area (Å²) in [6, 6.07) is 13.6. The molecule has 0 aliphatic heterocycles. The van der Waals surface area contributed by atoms with E-state index in [1.165, 1.54) is 0 Å². The van der Waals surface area contributed by atoms with Crippen molar-refractivity contribution in [2.75, 3.05) is 28.4 Å². The highest BCUT2D eigenvalue weighted by molar-refractivity contribution is 5.99. The molecule has 2 heterocycles. The molecule has 2 aromatic heterocycles. The zero-order chi connectivity index (χ0) is 24.5. The monoisotopic (exact) mass is 473 g/mol. The summed E-state index contributed by atoms with van der Waals surface area (Å²) >= 11 is 0. The van der Waals surface area contributed by atoms with Gasteiger partial charge < -0.3 is 18.9 Å². The first kappa shape index (κ1) is 22.9. The first-order valence-corrected chi connectivity index (χ1v) is 11.4. The summed E-state index contributed by atoms with van der Waals surface area (Å²) in [6.07, 6.45) is 2.72. The average Bonchev–Trinajstić information content (AvgIpc) is 3.27. The molecular weight excluding hydrogens is 446 g/mol. The van der Waals surface area contributed by atoms with Crippen LogP contribution in [0.5, 0.6) is 17.2 Å². The molecule has 0 N–H and O–H groups in total. The van der Waals surface area contributed by atoms with Crippen LogP contribution in [0.3, 0.4) is 0 Å². The summed E-state index contributed by atoms with van der Waals surface area (Å²) in [5, 5.41) is 4.86. The second-order valence-corrected chi connectivity index (χ2v) is 8.48. The molecule has 0 radical (unpaired) electrons. The van der Waals surface area contributed by atoms with E-state index in [9.17, 15) is 4.79 Å². The molecular formula is C27H27N3O5. The van der Waals surface area contributed by atoms with Gasteiger partial charge in [0, 0.05) is 19.7 Å². The summed E-state index contributed by atoms with van der Waals surface area (Å²) in [5.74, 6) is 2.11. The van der Waals surface area contributed by atoms with Crippen molar-refractivity contribution in [3.63, 3.8) is 0 Å². The summed E-state index contributed by atoms with van der Waals surface area (Å²) in [6.45, 7) is 0.326. The molecule has 0 saturated heterocycles. The van der Waals surface area contributed by atoms with Gasteiger partial charge >= 0.3 is 0 Å². The maximum Gasteiger partial charge on any atom is 0.166 e. The van der Waals surface area contributed by atoms with Crippen molar-refractivity contribution in [2.24, 2.45) is 0 Å². The molecule has 0 saturated carbocycles. The summed E-state index contributed by atoms with van der Waals surface area (Å²) < 4.78 is 23.4. The van der Waals surface area contributed by atoms with Crippen molar-refractivity contribution in [2.45, 2.75) is 25.4 Å². The predicted octanol–water partition coefficient (Wildman–Crippen LogP) is 4.48. The Morgan fingerprint density at radius 3 is 2.40 bits per heavy atom. The van der Waals surface area contributed by atoms with Crippen LogP contribution >= 0.6 is 0 Å². The highest BCUT2D eigenvalue weighted by Gasteiger charge is 2.31. The maximum atomic E-state index is 13.2. The van der Waals surface area contributed by atoms with Crippen molar-refractivity contribution < 1.29 is 23.7 Å². The molecule has 0 bridgehead atoms. The lowest BCUT2D eigenvalue weighted by atomic mass is 9.82. The van der Waals surface area contributed by atoms with Gasteiger partial charge in [-0.05, 0) is 47.7 Å². The molecule has 1 atom stereocenters. The minimum absolute atomic E-state index is 0.0140. The zero-order valence-corrected chi connectivity index (χ0v) is 20.2. The second-order valence-electron chi connectivity index (χ2n) is 8.48. The van der Waals surface area contributed by atoms with Crippen LogP contribution in [0.1, 0.15) is 39.6 Å². The number of benzene rings is 2. The Morgan fingerprint density at radius 2 is 1.71 bits per heavy atom. The van der Waals surface area contributed by atoms with Crippen LogP contribution in [0.2, 0.25) is 0 Å². The number of methoxy groups -OCH3 is 4. The Labute approximate surface area is 203 Å². The maximum absolute atomic E-state index is 13.2. The van der Waals surface area contributed by atoms with Gasteiger partial charge in [-0.1, -0.05) is 18.2 Å². The topological polar surface area (TPSA) is 84.2 Å². The molecule has 1 aliphatic rings. The molecule has 180 valence electrons. The van der Waals surface area contributed by atoms with Crippen LogP contribution in [0.4, 0.5) is 0 Å². The highest BCUT2D eigenvalue weighted by atomic mass is 16.5. The number of hydrogen-bond acceptors (Lipinski definition) is 7. The number of ketones is 1. The van der Waals surface area contributed by atoms with Gasteiger partial charge in [-0.2, -0.15) is 5.10 Å². The predicted molar refractivity (Wildman–Crippen MR) is 131 cm³/mol. The van der Waals surface area contributed by atoms with Crippen molar-refractivity contribution in [1.82, 2.24) is 14.6 Å². The molecule has 1 aliphatic carbocycles. The van der Waals surface area contributed by atoms with E-state index in [1.807, 2.05) is 47.0 Å². The number of hydrogen-bond donors (Lipinski definition) is 0. The van der Waals surface area contributed by atoms with Crippen LogP contribution in [0.25, 0.3) is 16.8 Å². The van der Waals surface area contributed by atoms with Crippen LogP contribution in [0, 0.1) is 0 Å². The van der Waals surface area contributed by atoms with Crippen LogP contribution in [0.15, 0.2) is 48.7 Å². The molecule has 2 aromatic carbocycles. The second kappa shape index (κ2) is 9.38.